The molecule has 4 heteroatoms. The summed E-state index contributed by atoms with van der Waals surface area (Å²) in [5.41, 5.74) is 5.62. The second-order valence-corrected chi connectivity index (χ2v) is 4.65. The van der Waals surface area contributed by atoms with Gasteiger partial charge in [0, 0.05) is 13.1 Å². The third kappa shape index (κ3) is 2.88. The van der Waals surface area contributed by atoms with Crippen LogP contribution in [0.2, 0.25) is 0 Å². The maximum absolute atomic E-state index is 11.4. The van der Waals surface area contributed by atoms with E-state index in [1.807, 2.05) is 16.7 Å². The van der Waals surface area contributed by atoms with Crippen molar-refractivity contribution in [2.45, 2.75) is 19.4 Å². The normalized spacial score (nSPS) is 25.3. The Labute approximate surface area is 84.0 Å². The number of hydrogen-bond donors (Lipinski definition) is 1. The number of nitrogens with two attached hydrogens (primary N) is 1. The molecule has 2 N–H and O–H groups in total. The lowest BCUT2D eigenvalue weighted by molar-refractivity contribution is -0.129. The van der Waals surface area contributed by atoms with Gasteiger partial charge >= 0.3 is 0 Å². The molecule has 2 atom stereocenters. The molecule has 0 aromatic carbocycles. The molecular weight excluding hydrogens is 184 g/mol. The minimum absolute atomic E-state index is 0.132. The van der Waals surface area contributed by atoms with Gasteiger partial charge in [-0.2, -0.15) is 11.8 Å². The monoisotopic (exact) mass is 202 g/mol. The highest BCUT2D eigenvalue weighted by Gasteiger charge is 2.28. The molecule has 0 radical (unpaired) electrons. The van der Waals surface area contributed by atoms with E-state index in [1.54, 1.807) is 0 Å². The van der Waals surface area contributed by atoms with Gasteiger partial charge in [0.1, 0.15) is 0 Å². The smallest absolute Gasteiger partial charge is 0.239 e. The van der Waals surface area contributed by atoms with Crippen molar-refractivity contribution in [3.8, 4) is 0 Å². The lowest BCUT2D eigenvalue weighted by Crippen LogP contribution is -2.36. The maximum Gasteiger partial charge on any atom is 0.239 e. The summed E-state index contributed by atoms with van der Waals surface area (Å²) in [5, 5.41) is 0. The predicted molar refractivity (Wildman–Crippen MR) is 56.7 cm³/mol. The average molecular weight is 202 g/mol. The Morgan fingerprint density at radius 2 is 2.46 bits per heavy atom. The van der Waals surface area contributed by atoms with E-state index < -0.39 is 0 Å². The molecule has 76 valence electrons. The zero-order valence-electron chi connectivity index (χ0n) is 8.32. The van der Waals surface area contributed by atoms with Crippen LogP contribution in [0.1, 0.15) is 13.3 Å². The highest BCUT2D eigenvalue weighted by molar-refractivity contribution is 7.98. The van der Waals surface area contributed by atoms with Gasteiger partial charge in [0.05, 0.1) is 6.04 Å². The number of nitrogens with zero attached hydrogens (tertiary/aromatic N) is 1. The van der Waals surface area contributed by atoms with Crippen LogP contribution in [0.4, 0.5) is 0 Å². The van der Waals surface area contributed by atoms with Crippen molar-refractivity contribution in [3.05, 3.63) is 0 Å². The Morgan fingerprint density at radius 3 is 2.92 bits per heavy atom. The number of rotatable bonds is 4. The first-order valence-electron chi connectivity index (χ1n) is 4.68. The van der Waals surface area contributed by atoms with Crippen LogP contribution < -0.4 is 5.73 Å². The zero-order valence-corrected chi connectivity index (χ0v) is 9.14. The molecule has 13 heavy (non-hydrogen) atoms. The first kappa shape index (κ1) is 10.9. The maximum atomic E-state index is 11.4. The van der Waals surface area contributed by atoms with E-state index in [0.29, 0.717) is 5.92 Å². The summed E-state index contributed by atoms with van der Waals surface area (Å²) in [4.78, 5) is 13.3. The summed E-state index contributed by atoms with van der Waals surface area (Å²) in [6.45, 7) is 3.89. The van der Waals surface area contributed by atoms with E-state index in [2.05, 4.69) is 13.2 Å². The van der Waals surface area contributed by atoms with Crippen LogP contribution in [0.25, 0.3) is 0 Å². The zero-order chi connectivity index (χ0) is 9.84. The van der Waals surface area contributed by atoms with Crippen LogP contribution >= 0.6 is 11.8 Å². The number of carbonyl (C=O) groups excluding carboxylic acids is 1. The second-order valence-electron chi connectivity index (χ2n) is 3.74. The molecule has 1 heterocycles. The molecule has 0 bridgehead atoms. The molecule has 1 aliphatic rings. The first-order valence-corrected chi connectivity index (χ1v) is 6.08. The van der Waals surface area contributed by atoms with Gasteiger partial charge in [0.2, 0.25) is 5.91 Å². The average Bonchev–Trinajstić information content (AvgIpc) is 2.37. The largest absolute Gasteiger partial charge is 0.341 e. The number of carbonyl (C=O) groups is 1. The summed E-state index contributed by atoms with van der Waals surface area (Å²) < 4.78 is 0. The van der Waals surface area contributed by atoms with Crippen LogP contribution in [0.3, 0.4) is 0 Å². The topological polar surface area (TPSA) is 46.3 Å². The molecule has 0 spiro atoms. The number of hydrogen-bond acceptors (Lipinski definition) is 3. The minimum atomic E-state index is -0.235. The van der Waals surface area contributed by atoms with Gasteiger partial charge in [-0.05, 0) is 24.3 Å². The van der Waals surface area contributed by atoms with Gasteiger partial charge in [-0.15, -0.1) is 0 Å². The Bertz CT molecular complexity index is 186. The van der Waals surface area contributed by atoms with Gasteiger partial charge in [-0.25, -0.2) is 0 Å². The highest BCUT2D eigenvalue weighted by atomic mass is 32.2. The number of likely N-dealkylation sites (tertiary alicyclic amines) is 1. The Kier molecular flexibility index (Phi) is 4.06. The van der Waals surface area contributed by atoms with Gasteiger partial charge in [0.15, 0.2) is 0 Å². The number of thioether (sulfide) groups is 1. The molecule has 1 saturated heterocycles. The standard InChI is InChI=1S/C9H18N2OS/c1-7(6-13-2)5-11-4-3-8(10)9(11)12/h7-8H,3-6,10H2,1-2H3. The second kappa shape index (κ2) is 4.86. The molecule has 1 amide bonds. The van der Waals surface area contributed by atoms with Gasteiger partial charge in [-0.3, -0.25) is 4.79 Å². The van der Waals surface area contributed by atoms with E-state index in [4.69, 9.17) is 5.73 Å². The van der Waals surface area contributed by atoms with Crippen molar-refractivity contribution in [2.24, 2.45) is 11.7 Å². The fourth-order valence-corrected chi connectivity index (χ4v) is 2.33. The van der Waals surface area contributed by atoms with Crippen LogP contribution in [0, 0.1) is 5.92 Å². The molecule has 0 aromatic rings. The first-order chi connectivity index (χ1) is 6.15. The van der Waals surface area contributed by atoms with Gasteiger partial charge in [-0.1, -0.05) is 6.92 Å². The number of amides is 1. The van der Waals surface area contributed by atoms with E-state index in [0.717, 1.165) is 25.3 Å². The molecule has 2 unspecified atom stereocenters. The van der Waals surface area contributed by atoms with E-state index in [1.165, 1.54) is 0 Å². The van der Waals surface area contributed by atoms with E-state index in [9.17, 15) is 4.79 Å². The Balaban J connectivity index is 2.33. The van der Waals surface area contributed by atoms with Gasteiger partial charge < -0.3 is 10.6 Å². The van der Waals surface area contributed by atoms with Gasteiger partial charge in [0.25, 0.3) is 0 Å². The van der Waals surface area contributed by atoms with Crippen molar-refractivity contribution in [1.82, 2.24) is 4.90 Å². The van der Waals surface area contributed by atoms with Crippen LogP contribution in [-0.2, 0) is 4.79 Å². The van der Waals surface area contributed by atoms with E-state index >= 15 is 0 Å². The molecular formula is C9H18N2OS. The van der Waals surface area contributed by atoms with Crippen LogP contribution in [0.15, 0.2) is 0 Å². The summed E-state index contributed by atoms with van der Waals surface area (Å²) in [7, 11) is 0. The highest BCUT2D eigenvalue weighted by Crippen LogP contribution is 2.13. The van der Waals surface area contributed by atoms with Crippen molar-refractivity contribution in [2.75, 3.05) is 25.1 Å². The van der Waals surface area contributed by atoms with Crippen molar-refractivity contribution >= 4 is 17.7 Å². The quantitative estimate of drug-likeness (QED) is 0.724. The summed E-state index contributed by atoms with van der Waals surface area (Å²) >= 11 is 1.83. The van der Waals surface area contributed by atoms with E-state index in [-0.39, 0.29) is 11.9 Å². The predicted octanol–water partition coefficient (Wildman–Crippen LogP) is 0.545. The van der Waals surface area contributed by atoms with Crippen molar-refractivity contribution < 1.29 is 4.79 Å². The molecule has 1 fully saturated rings. The fraction of sp³-hybridized carbons (Fsp3) is 0.889. The third-order valence-corrected chi connectivity index (χ3v) is 3.22. The Morgan fingerprint density at radius 1 is 1.77 bits per heavy atom. The lowest BCUT2D eigenvalue weighted by atomic mass is 10.2. The minimum Gasteiger partial charge on any atom is -0.341 e. The van der Waals surface area contributed by atoms with Crippen molar-refractivity contribution in [1.29, 1.82) is 0 Å². The Hall–Kier alpha value is -0.220. The molecule has 0 saturated carbocycles. The molecule has 3 nitrogen and oxygen atoms in total. The molecule has 1 aliphatic heterocycles. The third-order valence-electron chi connectivity index (χ3n) is 2.32. The molecule has 1 rings (SSSR count). The van der Waals surface area contributed by atoms with Crippen LogP contribution in [0.5, 0.6) is 0 Å². The SMILES string of the molecule is CSCC(C)CN1CCC(N)C1=O. The fourth-order valence-electron chi connectivity index (χ4n) is 1.66. The van der Waals surface area contributed by atoms with Crippen LogP contribution in [-0.4, -0.2) is 41.9 Å². The molecule has 0 aromatic heterocycles. The summed E-state index contributed by atoms with van der Waals surface area (Å²) in [6, 6.07) is -0.235. The lowest BCUT2D eigenvalue weighted by Gasteiger charge is -2.20. The summed E-state index contributed by atoms with van der Waals surface area (Å²) in [5.74, 6) is 1.82. The van der Waals surface area contributed by atoms with Crippen molar-refractivity contribution in [3.63, 3.8) is 0 Å². The molecule has 0 aliphatic carbocycles. The summed E-state index contributed by atoms with van der Waals surface area (Å²) in [6.07, 6.45) is 2.92.